The number of nitrogens with one attached hydrogen (secondary N) is 1. The Balaban J connectivity index is 3.03. The highest BCUT2D eigenvalue weighted by molar-refractivity contribution is 7.89. The molecule has 1 heterocycles. The number of nitrogens with zero attached hydrogens (tertiary/aromatic N) is 1. The molecule has 0 amide bonds. The maximum Gasteiger partial charge on any atom is 0.337 e. The van der Waals surface area contributed by atoms with Gasteiger partial charge in [0.2, 0.25) is 0 Å². The van der Waals surface area contributed by atoms with Gasteiger partial charge in [0.15, 0.2) is 5.03 Å². The molecule has 0 saturated heterocycles. The molecule has 0 saturated carbocycles. The smallest absolute Gasteiger partial charge is 0.337 e. The van der Waals surface area contributed by atoms with E-state index in [1.54, 1.807) is 13.8 Å². The van der Waals surface area contributed by atoms with E-state index in [1.807, 2.05) is 6.92 Å². The molecule has 0 atom stereocenters. The van der Waals surface area contributed by atoms with Gasteiger partial charge in [-0.15, -0.1) is 0 Å². The average molecular weight is 272 g/mol. The number of carbonyl (C=O) groups is 1. The van der Waals surface area contributed by atoms with E-state index in [4.69, 9.17) is 5.11 Å². The maximum absolute atomic E-state index is 12.0. The molecule has 0 unspecified atom stereocenters. The van der Waals surface area contributed by atoms with Gasteiger partial charge >= 0.3 is 5.97 Å². The largest absolute Gasteiger partial charge is 0.478 e. The summed E-state index contributed by atoms with van der Waals surface area (Å²) >= 11 is 0. The number of rotatable bonds is 5. The summed E-state index contributed by atoms with van der Waals surface area (Å²) in [5, 5.41) is 8.51. The summed E-state index contributed by atoms with van der Waals surface area (Å²) in [4.78, 5) is 14.3. The lowest BCUT2D eigenvalue weighted by Crippen LogP contribution is -2.42. The van der Waals surface area contributed by atoms with Crippen LogP contribution < -0.4 is 4.72 Å². The van der Waals surface area contributed by atoms with Crippen molar-refractivity contribution in [2.45, 2.75) is 37.8 Å². The molecule has 1 aromatic heterocycles. The molecule has 0 aliphatic rings. The highest BCUT2D eigenvalue weighted by Gasteiger charge is 2.25. The Morgan fingerprint density at radius 1 is 1.44 bits per heavy atom. The molecule has 1 rings (SSSR count). The molecule has 0 bridgehead atoms. The van der Waals surface area contributed by atoms with Gasteiger partial charge in [-0.2, -0.15) is 0 Å². The van der Waals surface area contributed by atoms with Gasteiger partial charge < -0.3 is 5.11 Å². The minimum atomic E-state index is -3.73. The molecule has 0 aliphatic heterocycles. The Morgan fingerprint density at radius 3 is 2.44 bits per heavy atom. The van der Waals surface area contributed by atoms with Crippen LogP contribution in [0.25, 0.3) is 0 Å². The van der Waals surface area contributed by atoms with Crippen LogP contribution in [0, 0.1) is 0 Å². The van der Waals surface area contributed by atoms with Crippen LogP contribution >= 0.6 is 0 Å². The zero-order chi connectivity index (χ0) is 14.0. The zero-order valence-corrected chi connectivity index (χ0v) is 11.3. The van der Waals surface area contributed by atoms with Crippen LogP contribution in [-0.2, 0) is 10.0 Å². The molecule has 18 heavy (non-hydrogen) atoms. The van der Waals surface area contributed by atoms with E-state index in [1.165, 1.54) is 12.1 Å². The number of carboxylic acid groups (broad SMARTS) is 1. The van der Waals surface area contributed by atoms with Crippen LogP contribution in [0.1, 0.15) is 37.6 Å². The quantitative estimate of drug-likeness (QED) is 0.840. The molecule has 0 aromatic carbocycles. The van der Waals surface area contributed by atoms with E-state index in [-0.39, 0.29) is 10.6 Å². The van der Waals surface area contributed by atoms with E-state index in [9.17, 15) is 13.2 Å². The first kappa shape index (κ1) is 14.6. The fourth-order valence-corrected chi connectivity index (χ4v) is 2.57. The minimum absolute atomic E-state index is 0.0521. The van der Waals surface area contributed by atoms with Crippen molar-refractivity contribution in [2.75, 3.05) is 0 Å². The van der Waals surface area contributed by atoms with Gasteiger partial charge in [-0.25, -0.2) is 22.9 Å². The lowest BCUT2D eigenvalue weighted by Gasteiger charge is -2.23. The Bertz CT molecular complexity index is 535. The van der Waals surface area contributed by atoms with Crippen molar-refractivity contribution in [1.29, 1.82) is 0 Å². The number of hydrogen-bond donors (Lipinski definition) is 2. The Hall–Kier alpha value is -1.47. The van der Waals surface area contributed by atoms with Gasteiger partial charge in [-0.1, -0.05) is 6.92 Å². The normalized spacial score (nSPS) is 12.4. The average Bonchev–Trinajstić information content (AvgIpc) is 2.28. The summed E-state index contributed by atoms with van der Waals surface area (Å²) in [5.41, 5.74) is -0.630. The van der Waals surface area contributed by atoms with Gasteiger partial charge in [0.1, 0.15) is 0 Å². The first-order chi connectivity index (χ1) is 8.18. The molecule has 7 heteroatoms. The van der Waals surface area contributed by atoms with Crippen molar-refractivity contribution < 1.29 is 18.3 Å². The predicted molar refractivity (Wildman–Crippen MR) is 65.9 cm³/mol. The second kappa shape index (κ2) is 5.03. The molecule has 2 N–H and O–H groups in total. The van der Waals surface area contributed by atoms with Crippen LogP contribution in [-0.4, -0.2) is 30.0 Å². The molecular weight excluding hydrogens is 256 g/mol. The highest BCUT2D eigenvalue weighted by Crippen LogP contribution is 2.14. The van der Waals surface area contributed by atoms with Crippen LogP contribution in [0.2, 0.25) is 0 Å². The molecule has 0 radical (unpaired) electrons. The molecule has 0 aliphatic carbocycles. The van der Waals surface area contributed by atoms with Gasteiger partial charge in [0.25, 0.3) is 10.0 Å². The first-order valence-corrected chi connectivity index (χ1v) is 6.89. The van der Waals surface area contributed by atoms with Crippen molar-refractivity contribution in [3.05, 3.63) is 23.9 Å². The third-order valence-electron chi connectivity index (χ3n) is 2.55. The summed E-state index contributed by atoms with van der Waals surface area (Å²) in [5.74, 6) is -1.15. The summed E-state index contributed by atoms with van der Waals surface area (Å²) < 4.78 is 26.4. The Kier molecular flexibility index (Phi) is 4.08. The van der Waals surface area contributed by atoms with Crippen LogP contribution in [0.5, 0.6) is 0 Å². The van der Waals surface area contributed by atoms with E-state index in [0.29, 0.717) is 6.42 Å². The fraction of sp³-hybridized carbons (Fsp3) is 0.455. The lowest BCUT2D eigenvalue weighted by atomic mass is 10.0. The topological polar surface area (TPSA) is 96.4 Å². The molecule has 1 aromatic rings. The van der Waals surface area contributed by atoms with Crippen molar-refractivity contribution in [1.82, 2.24) is 9.71 Å². The number of aromatic nitrogens is 1. The number of carboxylic acids is 1. The van der Waals surface area contributed by atoms with Crippen molar-refractivity contribution in [3.63, 3.8) is 0 Å². The third-order valence-corrected chi connectivity index (χ3v) is 4.17. The van der Waals surface area contributed by atoms with Crippen LogP contribution in [0.15, 0.2) is 23.4 Å². The van der Waals surface area contributed by atoms with E-state index in [2.05, 4.69) is 9.71 Å². The summed E-state index contributed by atoms with van der Waals surface area (Å²) in [6.07, 6.45) is 1.65. The van der Waals surface area contributed by atoms with Crippen molar-refractivity contribution in [2.24, 2.45) is 0 Å². The molecule has 6 nitrogen and oxygen atoms in total. The summed E-state index contributed by atoms with van der Waals surface area (Å²) in [6, 6.07) is 2.39. The zero-order valence-electron chi connectivity index (χ0n) is 10.5. The molecule has 0 fully saturated rings. The minimum Gasteiger partial charge on any atom is -0.478 e. The number of hydrogen-bond acceptors (Lipinski definition) is 4. The maximum atomic E-state index is 12.0. The number of pyridine rings is 1. The van der Waals surface area contributed by atoms with Crippen molar-refractivity contribution in [3.8, 4) is 0 Å². The molecule has 0 spiro atoms. The van der Waals surface area contributed by atoms with Crippen molar-refractivity contribution >= 4 is 16.0 Å². The first-order valence-electron chi connectivity index (χ1n) is 5.41. The highest BCUT2D eigenvalue weighted by atomic mass is 32.2. The van der Waals surface area contributed by atoms with Gasteiger partial charge in [-0.3, -0.25) is 0 Å². The van der Waals surface area contributed by atoms with Crippen LogP contribution in [0.4, 0.5) is 0 Å². The second-order valence-corrected chi connectivity index (χ2v) is 6.16. The predicted octanol–water partition coefficient (Wildman–Crippen LogP) is 1.25. The van der Waals surface area contributed by atoms with Gasteiger partial charge in [0, 0.05) is 11.7 Å². The lowest BCUT2D eigenvalue weighted by molar-refractivity contribution is 0.0696. The number of aromatic carboxylic acids is 1. The van der Waals surface area contributed by atoms with Gasteiger partial charge in [0.05, 0.1) is 5.56 Å². The number of sulfonamides is 1. The van der Waals surface area contributed by atoms with E-state index < -0.39 is 21.5 Å². The fourth-order valence-electron chi connectivity index (χ4n) is 1.15. The molecular formula is C11H16N2O4S. The summed E-state index contributed by atoms with van der Waals surface area (Å²) in [6.45, 7) is 5.38. The van der Waals surface area contributed by atoms with E-state index in [0.717, 1.165) is 6.20 Å². The second-order valence-electron chi connectivity index (χ2n) is 4.53. The Labute approximate surface area is 106 Å². The van der Waals surface area contributed by atoms with E-state index >= 15 is 0 Å². The Morgan fingerprint density at radius 2 is 2.06 bits per heavy atom. The van der Waals surface area contributed by atoms with Crippen LogP contribution in [0.3, 0.4) is 0 Å². The summed E-state index contributed by atoms with van der Waals surface area (Å²) in [7, 11) is -3.73. The third kappa shape index (κ3) is 3.51. The van der Waals surface area contributed by atoms with Gasteiger partial charge in [-0.05, 0) is 32.4 Å². The SMILES string of the molecule is CCC(C)(C)NS(=O)(=O)c1ccc(C(=O)O)cn1. The standard InChI is InChI=1S/C11H16N2O4S/c1-4-11(2,3)13-18(16,17)9-6-5-8(7-12-9)10(14)15/h5-7,13H,4H2,1-3H3,(H,14,15). The molecule has 100 valence electrons. The monoisotopic (exact) mass is 272 g/mol.